The van der Waals surface area contributed by atoms with E-state index in [0.717, 1.165) is 3.57 Å². The Hall–Kier alpha value is -0.230. The Morgan fingerprint density at radius 3 is 2.91 bits per heavy atom. The van der Waals surface area contributed by atoms with Crippen LogP contribution in [-0.4, -0.2) is 12.1 Å². The molecule has 0 spiro atoms. The van der Waals surface area contributed by atoms with Gasteiger partial charge in [-0.3, -0.25) is 0 Å². The number of methoxy groups -OCH3 is 1. The summed E-state index contributed by atoms with van der Waals surface area (Å²) in [6.45, 7) is 0. The molecule has 0 aromatic carbocycles. The van der Waals surface area contributed by atoms with E-state index in [1.165, 1.54) is 7.11 Å². The summed E-state index contributed by atoms with van der Waals surface area (Å²) < 4.78 is 5.71. The van der Waals surface area contributed by atoms with Crippen LogP contribution >= 0.6 is 34.2 Å². The molecule has 1 heterocycles. The Morgan fingerprint density at radius 2 is 2.36 bits per heavy atom. The molecule has 0 saturated carbocycles. The standard InChI is InChI=1S/C6H6ClIN2O/c1-11-6-5(8)3(9)2-4(7)10-6/h2H,1H3,(H2,9,10). The first-order valence-electron chi connectivity index (χ1n) is 2.80. The summed E-state index contributed by atoms with van der Waals surface area (Å²) in [7, 11) is 1.53. The van der Waals surface area contributed by atoms with Gasteiger partial charge in [-0.1, -0.05) is 11.6 Å². The smallest absolute Gasteiger partial charge is 0.230 e. The van der Waals surface area contributed by atoms with Gasteiger partial charge in [-0.25, -0.2) is 4.98 Å². The van der Waals surface area contributed by atoms with Gasteiger partial charge in [-0.2, -0.15) is 0 Å². The van der Waals surface area contributed by atoms with Crippen molar-refractivity contribution in [2.24, 2.45) is 0 Å². The van der Waals surface area contributed by atoms with Gasteiger partial charge >= 0.3 is 0 Å². The van der Waals surface area contributed by atoms with Crippen molar-refractivity contribution in [2.75, 3.05) is 12.8 Å². The first-order chi connectivity index (χ1) is 5.15. The summed E-state index contributed by atoms with van der Waals surface area (Å²) >= 11 is 7.68. The first-order valence-corrected chi connectivity index (χ1v) is 4.26. The van der Waals surface area contributed by atoms with E-state index in [0.29, 0.717) is 16.7 Å². The van der Waals surface area contributed by atoms with E-state index in [9.17, 15) is 0 Å². The minimum Gasteiger partial charge on any atom is -0.480 e. The molecule has 2 N–H and O–H groups in total. The van der Waals surface area contributed by atoms with Crippen molar-refractivity contribution in [1.82, 2.24) is 4.98 Å². The molecule has 0 atom stereocenters. The molecule has 1 aromatic heterocycles. The van der Waals surface area contributed by atoms with Crippen LogP contribution in [0.25, 0.3) is 0 Å². The Balaban J connectivity index is 3.24. The molecule has 0 aliphatic rings. The van der Waals surface area contributed by atoms with Gasteiger partial charge in [0.25, 0.3) is 0 Å². The van der Waals surface area contributed by atoms with E-state index in [-0.39, 0.29) is 0 Å². The maximum Gasteiger partial charge on any atom is 0.230 e. The minimum absolute atomic E-state index is 0.347. The quantitative estimate of drug-likeness (QED) is 0.633. The molecule has 0 aliphatic carbocycles. The van der Waals surface area contributed by atoms with Gasteiger partial charge in [0, 0.05) is 0 Å². The van der Waals surface area contributed by atoms with E-state index in [4.69, 9.17) is 22.1 Å². The molecule has 0 amide bonds. The molecular formula is C6H6ClIN2O. The number of hydrogen-bond donors (Lipinski definition) is 1. The van der Waals surface area contributed by atoms with Gasteiger partial charge in [0.2, 0.25) is 5.88 Å². The molecule has 0 aliphatic heterocycles. The summed E-state index contributed by atoms with van der Waals surface area (Å²) in [5.74, 6) is 0.468. The topological polar surface area (TPSA) is 48.1 Å². The number of nitrogen functional groups attached to an aromatic ring is 1. The zero-order valence-electron chi connectivity index (χ0n) is 5.77. The lowest BCUT2D eigenvalue weighted by molar-refractivity contribution is 0.395. The zero-order valence-corrected chi connectivity index (χ0v) is 8.68. The Kier molecular flexibility index (Phi) is 2.78. The normalized spacial score (nSPS) is 9.73. The molecule has 0 bridgehead atoms. The highest BCUT2D eigenvalue weighted by Gasteiger charge is 2.06. The highest BCUT2D eigenvalue weighted by Crippen LogP contribution is 2.26. The predicted octanol–water partition coefficient (Wildman–Crippen LogP) is 1.93. The van der Waals surface area contributed by atoms with E-state index < -0.39 is 0 Å². The third-order valence-electron chi connectivity index (χ3n) is 1.12. The van der Waals surface area contributed by atoms with Crippen molar-refractivity contribution in [1.29, 1.82) is 0 Å². The van der Waals surface area contributed by atoms with Crippen LogP contribution in [0.4, 0.5) is 5.69 Å². The van der Waals surface area contributed by atoms with Crippen LogP contribution in [-0.2, 0) is 0 Å². The molecule has 0 radical (unpaired) electrons. The second-order valence-electron chi connectivity index (χ2n) is 1.86. The lowest BCUT2D eigenvalue weighted by Gasteiger charge is -2.04. The zero-order chi connectivity index (χ0) is 8.43. The van der Waals surface area contributed by atoms with Crippen molar-refractivity contribution in [3.05, 3.63) is 14.8 Å². The number of ether oxygens (including phenoxy) is 1. The van der Waals surface area contributed by atoms with Crippen molar-refractivity contribution >= 4 is 39.9 Å². The van der Waals surface area contributed by atoms with E-state index in [2.05, 4.69) is 27.6 Å². The van der Waals surface area contributed by atoms with Crippen molar-refractivity contribution in [3.8, 4) is 5.88 Å². The third kappa shape index (κ3) is 1.87. The van der Waals surface area contributed by atoms with Gasteiger partial charge in [-0.15, -0.1) is 0 Å². The Morgan fingerprint density at radius 1 is 1.73 bits per heavy atom. The van der Waals surface area contributed by atoms with Crippen LogP contribution in [0.2, 0.25) is 5.15 Å². The number of hydrogen-bond acceptors (Lipinski definition) is 3. The van der Waals surface area contributed by atoms with Crippen LogP contribution in [0, 0.1) is 3.57 Å². The molecule has 5 heteroatoms. The summed E-state index contributed by atoms with van der Waals surface area (Å²) in [6, 6.07) is 1.59. The maximum absolute atomic E-state index is 5.63. The fraction of sp³-hybridized carbons (Fsp3) is 0.167. The number of pyridine rings is 1. The number of nitrogens with two attached hydrogens (primary N) is 1. The van der Waals surface area contributed by atoms with Crippen LogP contribution in [0.1, 0.15) is 0 Å². The van der Waals surface area contributed by atoms with Gasteiger partial charge in [0.15, 0.2) is 0 Å². The first kappa shape index (κ1) is 8.86. The van der Waals surface area contributed by atoms with Gasteiger partial charge in [0.05, 0.1) is 16.4 Å². The van der Waals surface area contributed by atoms with E-state index >= 15 is 0 Å². The average molecular weight is 284 g/mol. The van der Waals surface area contributed by atoms with Crippen LogP contribution in [0.3, 0.4) is 0 Å². The monoisotopic (exact) mass is 284 g/mol. The Labute approximate surface area is 83.0 Å². The number of nitrogens with zero attached hydrogens (tertiary/aromatic N) is 1. The summed E-state index contributed by atoms with van der Waals surface area (Å²) in [4.78, 5) is 3.91. The van der Waals surface area contributed by atoms with Gasteiger partial charge in [-0.05, 0) is 28.7 Å². The molecule has 60 valence electrons. The second kappa shape index (κ2) is 3.44. The SMILES string of the molecule is COc1nc(Cl)cc(N)c1I. The highest BCUT2D eigenvalue weighted by molar-refractivity contribution is 14.1. The second-order valence-corrected chi connectivity index (χ2v) is 3.32. The summed E-state index contributed by atoms with van der Waals surface area (Å²) in [5, 5.41) is 0.347. The highest BCUT2D eigenvalue weighted by atomic mass is 127. The van der Waals surface area contributed by atoms with Gasteiger partial charge < -0.3 is 10.5 Å². The lowest BCUT2D eigenvalue weighted by atomic mass is 10.4. The largest absolute Gasteiger partial charge is 0.480 e. The molecule has 1 rings (SSSR count). The lowest BCUT2D eigenvalue weighted by Crippen LogP contribution is -1.96. The molecule has 0 fully saturated rings. The third-order valence-corrected chi connectivity index (χ3v) is 2.40. The van der Waals surface area contributed by atoms with Crippen LogP contribution < -0.4 is 10.5 Å². The number of rotatable bonds is 1. The van der Waals surface area contributed by atoms with E-state index in [1.54, 1.807) is 6.07 Å². The number of halogens is 2. The van der Waals surface area contributed by atoms with E-state index in [1.807, 2.05) is 0 Å². The molecule has 1 aromatic rings. The fourth-order valence-electron chi connectivity index (χ4n) is 0.629. The van der Waals surface area contributed by atoms with Gasteiger partial charge in [0.1, 0.15) is 5.15 Å². The minimum atomic E-state index is 0.347. The Bertz CT molecular complexity index is 280. The maximum atomic E-state index is 5.63. The summed E-state index contributed by atoms with van der Waals surface area (Å²) in [5.41, 5.74) is 6.17. The van der Waals surface area contributed by atoms with Crippen LogP contribution in [0.5, 0.6) is 5.88 Å². The summed E-state index contributed by atoms with van der Waals surface area (Å²) in [6.07, 6.45) is 0. The van der Waals surface area contributed by atoms with Crippen molar-refractivity contribution in [3.63, 3.8) is 0 Å². The molecule has 3 nitrogen and oxygen atoms in total. The molecule has 11 heavy (non-hydrogen) atoms. The molecular weight excluding hydrogens is 278 g/mol. The molecule has 0 saturated heterocycles. The van der Waals surface area contributed by atoms with Crippen molar-refractivity contribution < 1.29 is 4.74 Å². The van der Waals surface area contributed by atoms with Crippen molar-refractivity contribution in [2.45, 2.75) is 0 Å². The fourth-order valence-corrected chi connectivity index (χ4v) is 1.32. The average Bonchev–Trinajstić information content (AvgIpc) is 1.96. The predicted molar refractivity (Wildman–Crippen MR) is 52.9 cm³/mol. The molecule has 0 unspecified atom stereocenters. The number of aromatic nitrogens is 1. The number of anilines is 1. The van der Waals surface area contributed by atoms with Crippen LogP contribution in [0.15, 0.2) is 6.07 Å².